The van der Waals surface area contributed by atoms with Gasteiger partial charge in [-0.25, -0.2) is 13.1 Å². The fourth-order valence-corrected chi connectivity index (χ4v) is 4.56. The lowest BCUT2D eigenvalue weighted by molar-refractivity contribution is 0.0583. The molecule has 1 heterocycles. The molecule has 2 aliphatic rings. The Balaban J connectivity index is 1.83. The Kier molecular flexibility index (Phi) is 4.94. The number of hydrogen-bond donors (Lipinski definition) is 2. The normalized spacial score (nSPS) is 23.1. The minimum absolute atomic E-state index is 0.0103. The zero-order valence-corrected chi connectivity index (χ0v) is 14.8. The van der Waals surface area contributed by atoms with Crippen LogP contribution < -0.4 is 10.5 Å². The Morgan fingerprint density at radius 2 is 2.04 bits per heavy atom. The Bertz CT molecular complexity index is 714. The van der Waals surface area contributed by atoms with Crippen LogP contribution in [0.15, 0.2) is 29.2 Å². The summed E-state index contributed by atoms with van der Waals surface area (Å²) >= 11 is 0. The first-order chi connectivity index (χ1) is 11.4. The number of benzene rings is 1. The molecule has 2 unspecified atom stereocenters. The van der Waals surface area contributed by atoms with E-state index in [4.69, 9.17) is 5.73 Å². The molecule has 2 atom stereocenters. The number of carbonyl (C=O) groups is 1. The molecule has 1 saturated carbocycles. The second-order valence-corrected chi connectivity index (χ2v) is 8.56. The van der Waals surface area contributed by atoms with E-state index >= 15 is 0 Å². The molecular formula is C17H25N3O3S. The van der Waals surface area contributed by atoms with Gasteiger partial charge in [0.2, 0.25) is 10.0 Å². The van der Waals surface area contributed by atoms with Crippen molar-refractivity contribution in [1.29, 1.82) is 0 Å². The Morgan fingerprint density at radius 1 is 1.29 bits per heavy atom. The topological polar surface area (TPSA) is 92.5 Å². The van der Waals surface area contributed by atoms with Gasteiger partial charge in [0, 0.05) is 30.2 Å². The SMILES string of the molecule is CC(N)C1CCCCN1C(=O)c1cccc(S(=O)(=O)NC2CC2)c1. The third-order valence-electron chi connectivity index (χ3n) is 4.71. The summed E-state index contributed by atoms with van der Waals surface area (Å²) in [5.41, 5.74) is 6.44. The van der Waals surface area contributed by atoms with Crippen LogP contribution in [-0.4, -0.2) is 43.9 Å². The van der Waals surface area contributed by atoms with E-state index in [1.165, 1.54) is 12.1 Å². The smallest absolute Gasteiger partial charge is 0.254 e. The molecule has 1 amide bonds. The van der Waals surface area contributed by atoms with Crippen molar-refractivity contribution in [3.63, 3.8) is 0 Å². The van der Waals surface area contributed by atoms with E-state index in [9.17, 15) is 13.2 Å². The molecule has 0 radical (unpaired) electrons. The fourth-order valence-electron chi connectivity index (χ4n) is 3.21. The van der Waals surface area contributed by atoms with Gasteiger partial charge in [-0.05, 0) is 57.2 Å². The molecule has 1 saturated heterocycles. The maximum absolute atomic E-state index is 12.9. The Hall–Kier alpha value is -1.44. The summed E-state index contributed by atoms with van der Waals surface area (Å²) in [6, 6.07) is 6.25. The number of piperidine rings is 1. The number of amides is 1. The maximum Gasteiger partial charge on any atom is 0.254 e. The van der Waals surface area contributed by atoms with E-state index in [-0.39, 0.29) is 28.9 Å². The van der Waals surface area contributed by atoms with Gasteiger partial charge in [0.1, 0.15) is 0 Å². The quantitative estimate of drug-likeness (QED) is 0.840. The molecule has 0 spiro atoms. The molecule has 132 valence electrons. The first-order valence-electron chi connectivity index (χ1n) is 8.57. The van der Waals surface area contributed by atoms with Crippen LogP contribution in [0.3, 0.4) is 0 Å². The van der Waals surface area contributed by atoms with Gasteiger partial charge in [0.15, 0.2) is 0 Å². The third-order valence-corrected chi connectivity index (χ3v) is 6.23. The summed E-state index contributed by atoms with van der Waals surface area (Å²) in [5.74, 6) is -0.138. The number of sulfonamides is 1. The average molecular weight is 351 g/mol. The van der Waals surface area contributed by atoms with Crippen LogP contribution in [0.1, 0.15) is 49.4 Å². The number of likely N-dealkylation sites (tertiary alicyclic amines) is 1. The average Bonchev–Trinajstić information content (AvgIpc) is 3.37. The maximum atomic E-state index is 12.9. The molecule has 0 bridgehead atoms. The van der Waals surface area contributed by atoms with Crippen molar-refractivity contribution in [3.05, 3.63) is 29.8 Å². The van der Waals surface area contributed by atoms with Crippen LogP contribution in [0.5, 0.6) is 0 Å². The lowest BCUT2D eigenvalue weighted by Gasteiger charge is -2.38. The van der Waals surface area contributed by atoms with Crippen molar-refractivity contribution in [2.45, 2.75) is 62.0 Å². The number of rotatable bonds is 5. The second kappa shape index (κ2) is 6.82. The number of nitrogens with zero attached hydrogens (tertiary/aromatic N) is 1. The third kappa shape index (κ3) is 3.79. The van der Waals surface area contributed by atoms with Crippen molar-refractivity contribution in [2.75, 3.05) is 6.54 Å². The van der Waals surface area contributed by atoms with Crippen LogP contribution in [-0.2, 0) is 10.0 Å². The molecule has 3 rings (SSSR count). The van der Waals surface area contributed by atoms with Crippen molar-refractivity contribution in [2.24, 2.45) is 5.73 Å². The first kappa shape index (κ1) is 17.4. The van der Waals surface area contributed by atoms with E-state index in [1.54, 1.807) is 17.0 Å². The van der Waals surface area contributed by atoms with E-state index < -0.39 is 10.0 Å². The minimum Gasteiger partial charge on any atom is -0.334 e. The van der Waals surface area contributed by atoms with Crippen molar-refractivity contribution in [3.8, 4) is 0 Å². The van der Waals surface area contributed by atoms with E-state index in [0.29, 0.717) is 12.1 Å². The number of nitrogens with two attached hydrogens (primary N) is 1. The Morgan fingerprint density at radius 3 is 2.71 bits per heavy atom. The molecule has 2 fully saturated rings. The predicted molar refractivity (Wildman–Crippen MR) is 92.1 cm³/mol. The molecule has 0 aromatic heterocycles. The lowest BCUT2D eigenvalue weighted by Crippen LogP contribution is -2.51. The summed E-state index contributed by atoms with van der Waals surface area (Å²) in [6.07, 6.45) is 4.67. The standard InChI is InChI=1S/C17H25N3O3S/c1-12(18)16-7-2-3-10-20(16)17(21)13-5-4-6-15(11-13)24(22,23)19-14-8-9-14/h4-6,11-12,14,16,19H,2-3,7-10,18H2,1H3. The van der Waals surface area contributed by atoms with Gasteiger partial charge in [-0.1, -0.05) is 6.07 Å². The molecule has 1 aliphatic carbocycles. The first-order valence-corrected chi connectivity index (χ1v) is 10.1. The number of hydrogen-bond acceptors (Lipinski definition) is 4. The highest BCUT2D eigenvalue weighted by Crippen LogP contribution is 2.24. The highest BCUT2D eigenvalue weighted by atomic mass is 32.2. The van der Waals surface area contributed by atoms with Crippen LogP contribution in [0, 0.1) is 0 Å². The zero-order chi connectivity index (χ0) is 17.3. The summed E-state index contributed by atoms with van der Waals surface area (Å²) in [7, 11) is -3.56. The van der Waals surface area contributed by atoms with Gasteiger partial charge >= 0.3 is 0 Å². The summed E-state index contributed by atoms with van der Waals surface area (Å²) < 4.78 is 27.3. The molecule has 1 aromatic rings. The highest BCUT2D eigenvalue weighted by Gasteiger charge is 2.31. The molecule has 1 aliphatic heterocycles. The van der Waals surface area contributed by atoms with Gasteiger partial charge in [-0.3, -0.25) is 4.79 Å². The predicted octanol–water partition coefficient (Wildman–Crippen LogP) is 1.47. The van der Waals surface area contributed by atoms with Crippen molar-refractivity contribution >= 4 is 15.9 Å². The van der Waals surface area contributed by atoms with Gasteiger partial charge in [-0.2, -0.15) is 0 Å². The zero-order valence-electron chi connectivity index (χ0n) is 13.9. The van der Waals surface area contributed by atoms with Crippen LogP contribution in [0.4, 0.5) is 0 Å². The van der Waals surface area contributed by atoms with E-state index in [1.807, 2.05) is 6.92 Å². The molecular weight excluding hydrogens is 326 g/mol. The van der Waals surface area contributed by atoms with E-state index in [0.717, 1.165) is 32.1 Å². The summed E-state index contributed by atoms with van der Waals surface area (Å²) in [5, 5.41) is 0. The largest absolute Gasteiger partial charge is 0.334 e. The van der Waals surface area contributed by atoms with Gasteiger partial charge in [0.25, 0.3) is 5.91 Å². The fraction of sp³-hybridized carbons (Fsp3) is 0.588. The molecule has 6 nitrogen and oxygen atoms in total. The van der Waals surface area contributed by atoms with Crippen molar-refractivity contribution in [1.82, 2.24) is 9.62 Å². The van der Waals surface area contributed by atoms with E-state index in [2.05, 4.69) is 4.72 Å². The summed E-state index contributed by atoms with van der Waals surface area (Å²) in [6.45, 7) is 2.58. The molecule has 7 heteroatoms. The summed E-state index contributed by atoms with van der Waals surface area (Å²) in [4.78, 5) is 14.8. The van der Waals surface area contributed by atoms with Crippen LogP contribution >= 0.6 is 0 Å². The molecule has 24 heavy (non-hydrogen) atoms. The lowest BCUT2D eigenvalue weighted by atomic mass is 9.96. The Labute approximate surface area is 143 Å². The van der Waals surface area contributed by atoms with Crippen molar-refractivity contribution < 1.29 is 13.2 Å². The monoisotopic (exact) mass is 351 g/mol. The van der Waals surface area contributed by atoms with Crippen LogP contribution in [0.25, 0.3) is 0 Å². The van der Waals surface area contributed by atoms with Gasteiger partial charge in [0.05, 0.1) is 4.90 Å². The second-order valence-electron chi connectivity index (χ2n) is 6.84. The highest BCUT2D eigenvalue weighted by molar-refractivity contribution is 7.89. The minimum atomic E-state index is -3.56. The van der Waals surface area contributed by atoms with Crippen LogP contribution in [0.2, 0.25) is 0 Å². The molecule has 3 N–H and O–H groups in total. The van der Waals surface area contributed by atoms with Gasteiger partial charge < -0.3 is 10.6 Å². The van der Waals surface area contributed by atoms with Gasteiger partial charge in [-0.15, -0.1) is 0 Å². The number of carbonyl (C=O) groups excluding carboxylic acids is 1. The molecule has 1 aromatic carbocycles. The number of nitrogens with one attached hydrogen (secondary N) is 1.